The van der Waals surface area contributed by atoms with Gasteiger partial charge in [0.05, 0.1) is 5.02 Å². The fourth-order valence-corrected chi connectivity index (χ4v) is 3.52. The Labute approximate surface area is 159 Å². The van der Waals surface area contributed by atoms with E-state index >= 15 is 0 Å². The summed E-state index contributed by atoms with van der Waals surface area (Å²) in [4.78, 5) is 2.85. The van der Waals surface area contributed by atoms with Crippen LogP contribution in [0.1, 0.15) is 63.8 Å². The zero-order valence-corrected chi connectivity index (χ0v) is 17.2. The van der Waals surface area contributed by atoms with Crippen molar-refractivity contribution < 1.29 is 5.11 Å². The number of rotatable bonds is 2. The molecule has 0 unspecified atom stereocenters. The van der Waals surface area contributed by atoms with E-state index in [0.717, 1.165) is 22.3 Å². The number of hydrogen-bond acceptors (Lipinski definition) is 1. The molecule has 0 fully saturated rings. The zero-order chi connectivity index (χ0) is 18.4. The van der Waals surface area contributed by atoms with E-state index in [1.807, 2.05) is 12.1 Å². The average Bonchev–Trinajstić information content (AvgIpc) is 2.64. The van der Waals surface area contributed by atoms with Crippen LogP contribution in [-0.2, 0) is 17.3 Å². The first kappa shape index (κ1) is 19.5. The molecule has 2 rings (SSSR count). The maximum Gasteiger partial charge on any atom is 0.126 e. The number of halogens is 3. The molecule has 0 atom stereocenters. The molecule has 1 aromatic heterocycles. The first-order valence-electron chi connectivity index (χ1n) is 7.90. The number of nitrogens with one attached hydrogen (secondary N) is 1. The molecule has 0 radical (unpaired) electrons. The van der Waals surface area contributed by atoms with Gasteiger partial charge in [-0.3, -0.25) is 0 Å². The molecule has 0 aliphatic heterocycles. The Balaban J connectivity index is 2.62. The summed E-state index contributed by atoms with van der Waals surface area (Å²) in [7, 11) is 0. The van der Waals surface area contributed by atoms with Gasteiger partial charge in [-0.15, -0.1) is 0 Å². The van der Waals surface area contributed by atoms with Crippen molar-refractivity contribution in [1.29, 1.82) is 0 Å². The van der Waals surface area contributed by atoms with Crippen LogP contribution in [0.25, 0.3) is 0 Å². The number of phenolic OH excluding ortho intramolecular Hbond substituents is 1. The lowest BCUT2D eigenvalue weighted by atomic mass is 9.78. The Hall–Kier alpha value is -0.830. The number of aromatic amines is 1. The van der Waals surface area contributed by atoms with Gasteiger partial charge in [-0.25, -0.2) is 0 Å². The summed E-state index contributed by atoms with van der Waals surface area (Å²) in [5.74, 6) is 0.364. The minimum absolute atomic E-state index is 0.177. The van der Waals surface area contributed by atoms with Crippen LogP contribution in [0.2, 0.25) is 15.3 Å². The molecule has 1 heterocycles. The molecule has 0 amide bonds. The van der Waals surface area contributed by atoms with Gasteiger partial charge in [0, 0.05) is 12.0 Å². The van der Waals surface area contributed by atoms with Crippen molar-refractivity contribution in [3.63, 3.8) is 0 Å². The normalized spacial score (nSPS) is 12.7. The van der Waals surface area contributed by atoms with E-state index in [2.05, 4.69) is 46.5 Å². The molecule has 1 aromatic carbocycles. The van der Waals surface area contributed by atoms with Crippen LogP contribution in [0.5, 0.6) is 5.75 Å². The molecular formula is C19H24Cl3NO. The van der Waals surface area contributed by atoms with E-state index in [1.165, 1.54) is 0 Å². The number of aromatic nitrogens is 1. The Kier molecular flexibility index (Phi) is 5.26. The second-order valence-electron chi connectivity index (χ2n) is 8.26. The van der Waals surface area contributed by atoms with Gasteiger partial charge < -0.3 is 10.1 Å². The predicted molar refractivity (Wildman–Crippen MR) is 104 cm³/mol. The second-order valence-corrected chi connectivity index (χ2v) is 9.40. The molecule has 0 saturated heterocycles. The summed E-state index contributed by atoms with van der Waals surface area (Å²) in [6.45, 7) is 12.5. The Morgan fingerprint density at radius 3 is 1.67 bits per heavy atom. The monoisotopic (exact) mass is 387 g/mol. The quantitative estimate of drug-likeness (QED) is 0.578. The lowest BCUT2D eigenvalue weighted by Crippen LogP contribution is -2.18. The highest BCUT2D eigenvalue weighted by Gasteiger charge is 2.27. The third-order valence-electron chi connectivity index (χ3n) is 4.11. The van der Waals surface area contributed by atoms with E-state index < -0.39 is 0 Å². The van der Waals surface area contributed by atoms with Crippen LogP contribution in [0, 0.1) is 0 Å². The topological polar surface area (TPSA) is 36.0 Å². The predicted octanol–water partition coefficient (Wildman–Crippen LogP) is 6.87. The molecule has 132 valence electrons. The van der Waals surface area contributed by atoms with E-state index in [4.69, 9.17) is 34.8 Å². The van der Waals surface area contributed by atoms with Crippen LogP contribution >= 0.6 is 34.8 Å². The molecule has 0 saturated carbocycles. The molecule has 0 aliphatic carbocycles. The fraction of sp³-hybridized carbons (Fsp3) is 0.474. The van der Waals surface area contributed by atoms with Gasteiger partial charge in [-0.1, -0.05) is 88.5 Å². The van der Waals surface area contributed by atoms with Crippen LogP contribution in [0.4, 0.5) is 0 Å². The number of phenols is 1. The molecule has 2 aromatic rings. The minimum atomic E-state index is -0.177. The summed E-state index contributed by atoms with van der Waals surface area (Å²) in [5, 5.41) is 12.0. The van der Waals surface area contributed by atoms with E-state index in [-0.39, 0.29) is 10.8 Å². The van der Waals surface area contributed by atoms with Crippen molar-refractivity contribution in [1.82, 2.24) is 4.98 Å². The van der Waals surface area contributed by atoms with Crippen molar-refractivity contribution in [3.8, 4) is 5.75 Å². The van der Waals surface area contributed by atoms with Gasteiger partial charge >= 0.3 is 0 Å². The van der Waals surface area contributed by atoms with Crippen LogP contribution in [-0.4, -0.2) is 10.1 Å². The van der Waals surface area contributed by atoms with Crippen molar-refractivity contribution in [2.75, 3.05) is 0 Å². The Bertz CT molecular complexity index is 729. The Morgan fingerprint density at radius 1 is 0.875 bits per heavy atom. The Morgan fingerprint density at radius 2 is 1.33 bits per heavy atom. The lowest BCUT2D eigenvalue weighted by Gasteiger charge is -2.28. The van der Waals surface area contributed by atoms with E-state index in [9.17, 15) is 5.11 Å². The first-order valence-corrected chi connectivity index (χ1v) is 9.04. The number of H-pyrrole nitrogens is 1. The minimum Gasteiger partial charge on any atom is -0.507 e. The standard InChI is InChI=1S/C19H24Cl3NO/c1-18(2,3)12-8-10(9-13(15(12)24)19(4,5)6)7-11-14(20)17(22)23-16(11)21/h8-9,23-24H,7H2,1-6H3. The van der Waals surface area contributed by atoms with Crippen molar-refractivity contribution in [3.05, 3.63) is 49.7 Å². The van der Waals surface area contributed by atoms with E-state index in [0.29, 0.717) is 27.5 Å². The van der Waals surface area contributed by atoms with Crippen molar-refractivity contribution in [2.24, 2.45) is 0 Å². The maximum atomic E-state index is 10.8. The fourth-order valence-electron chi connectivity index (χ4n) is 2.75. The van der Waals surface area contributed by atoms with Crippen LogP contribution < -0.4 is 0 Å². The van der Waals surface area contributed by atoms with Gasteiger partial charge in [0.15, 0.2) is 0 Å². The van der Waals surface area contributed by atoms with Crippen molar-refractivity contribution in [2.45, 2.75) is 58.8 Å². The van der Waals surface area contributed by atoms with Gasteiger partial charge in [-0.05, 0) is 27.5 Å². The summed E-state index contributed by atoms with van der Waals surface area (Å²) >= 11 is 18.5. The zero-order valence-electron chi connectivity index (χ0n) is 14.9. The highest BCUT2D eigenvalue weighted by Crippen LogP contribution is 2.41. The summed E-state index contributed by atoms with van der Waals surface area (Å²) in [6, 6.07) is 4.05. The van der Waals surface area contributed by atoms with Crippen LogP contribution in [0.15, 0.2) is 12.1 Å². The van der Waals surface area contributed by atoms with Crippen molar-refractivity contribution >= 4 is 34.8 Å². The van der Waals surface area contributed by atoms with E-state index in [1.54, 1.807) is 0 Å². The maximum absolute atomic E-state index is 10.8. The molecule has 2 nitrogen and oxygen atoms in total. The smallest absolute Gasteiger partial charge is 0.126 e. The highest BCUT2D eigenvalue weighted by atomic mass is 35.5. The first-order chi connectivity index (χ1) is 10.8. The highest BCUT2D eigenvalue weighted by molar-refractivity contribution is 6.44. The molecular weight excluding hydrogens is 365 g/mol. The SMILES string of the molecule is CC(C)(C)c1cc(Cc2c(Cl)[nH]c(Cl)c2Cl)cc(C(C)(C)C)c1O. The summed E-state index contributed by atoms with van der Waals surface area (Å²) in [6.07, 6.45) is 0.549. The molecule has 2 N–H and O–H groups in total. The summed E-state index contributed by atoms with van der Waals surface area (Å²) in [5.41, 5.74) is 3.29. The molecule has 24 heavy (non-hydrogen) atoms. The second kappa shape index (κ2) is 6.48. The van der Waals surface area contributed by atoms with Gasteiger partial charge in [0.25, 0.3) is 0 Å². The summed E-state index contributed by atoms with van der Waals surface area (Å²) < 4.78 is 0. The largest absolute Gasteiger partial charge is 0.507 e. The third-order valence-corrected chi connectivity index (χ3v) is 5.23. The molecule has 0 spiro atoms. The van der Waals surface area contributed by atoms with Gasteiger partial charge in [0.1, 0.15) is 16.1 Å². The van der Waals surface area contributed by atoms with Gasteiger partial charge in [0.2, 0.25) is 0 Å². The number of hydrogen-bond donors (Lipinski definition) is 2. The average molecular weight is 389 g/mol. The van der Waals surface area contributed by atoms with Gasteiger partial charge in [-0.2, -0.15) is 0 Å². The van der Waals surface area contributed by atoms with Crippen LogP contribution in [0.3, 0.4) is 0 Å². The lowest BCUT2D eigenvalue weighted by molar-refractivity contribution is 0.423. The third kappa shape index (κ3) is 3.87. The molecule has 0 aliphatic rings. The molecule has 5 heteroatoms. The number of benzene rings is 1. The molecule has 0 bridgehead atoms. The number of aromatic hydroxyl groups is 1.